The van der Waals surface area contributed by atoms with Crippen molar-refractivity contribution in [3.8, 4) is 5.75 Å². The second-order valence-corrected chi connectivity index (χ2v) is 6.55. The van der Waals surface area contributed by atoms with Crippen LogP contribution in [0.2, 0.25) is 0 Å². The molecular weight excluding hydrogens is 278 g/mol. The summed E-state index contributed by atoms with van der Waals surface area (Å²) < 4.78 is 6.27. The van der Waals surface area contributed by atoms with Gasteiger partial charge in [0.1, 0.15) is 11.4 Å². The second kappa shape index (κ2) is 4.70. The number of Topliss-reactive ketones (excluding diaryl/α,β-unsaturated/α-hetero) is 1. The zero-order chi connectivity index (χ0) is 15.3. The van der Waals surface area contributed by atoms with E-state index in [2.05, 4.69) is 11.9 Å². The second-order valence-electron chi connectivity index (χ2n) is 6.55. The fourth-order valence-electron chi connectivity index (χ4n) is 4.41. The normalized spacial score (nSPS) is 34.5. The number of hydrogen-bond donors (Lipinski definition) is 1. The average Bonchev–Trinajstić information content (AvgIpc) is 3.17. The van der Waals surface area contributed by atoms with E-state index in [4.69, 9.17) is 4.74 Å². The van der Waals surface area contributed by atoms with Crippen molar-refractivity contribution in [2.75, 3.05) is 6.54 Å². The Morgan fingerprint density at radius 3 is 3.09 bits per heavy atom. The molecule has 114 valence electrons. The van der Waals surface area contributed by atoms with E-state index in [1.54, 1.807) is 6.08 Å². The molecule has 1 aliphatic heterocycles. The molecule has 2 saturated carbocycles. The van der Waals surface area contributed by atoms with Gasteiger partial charge < -0.3 is 10.1 Å². The number of hydrogen-bond acceptors (Lipinski definition) is 3. The van der Waals surface area contributed by atoms with Crippen LogP contribution in [0.15, 0.2) is 36.9 Å². The first-order chi connectivity index (χ1) is 10.7. The minimum Gasteiger partial charge on any atom is -0.486 e. The average molecular weight is 297 g/mol. The van der Waals surface area contributed by atoms with Gasteiger partial charge in [0, 0.05) is 18.4 Å². The number of nitrogens with one attached hydrogen (secondary N) is 1. The Labute approximate surface area is 129 Å². The van der Waals surface area contributed by atoms with Gasteiger partial charge in [-0.1, -0.05) is 18.2 Å². The fourth-order valence-corrected chi connectivity index (χ4v) is 4.41. The van der Waals surface area contributed by atoms with E-state index < -0.39 is 5.60 Å². The summed E-state index contributed by atoms with van der Waals surface area (Å²) in [5.74, 6) is 1.42. The molecule has 1 heterocycles. The number of carbonyl (C=O) groups excluding carboxylic acids is 2. The van der Waals surface area contributed by atoms with Gasteiger partial charge in [-0.3, -0.25) is 9.59 Å². The van der Waals surface area contributed by atoms with E-state index >= 15 is 0 Å². The van der Waals surface area contributed by atoms with E-state index in [0.717, 1.165) is 12.8 Å². The summed E-state index contributed by atoms with van der Waals surface area (Å²) in [5, 5.41) is 2.88. The van der Waals surface area contributed by atoms with Crippen LogP contribution in [0, 0.1) is 17.8 Å². The molecule has 4 heteroatoms. The van der Waals surface area contributed by atoms with Crippen molar-refractivity contribution in [1.82, 2.24) is 5.32 Å². The van der Waals surface area contributed by atoms with Gasteiger partial charge >= 0.3 is 0 Å². The Morgan fingerprint density at radius 1 is 1.45 bits per heavy atom. The highest BCUT2D eigenvalue weighted by Gasteiger charge is 2.70. The van der Waals surface area contributed by atoms with Gasteiger partial charge in [-0.05, 0) is 30.9 Å². The first-order valence-corrected chi connectivity index (χ1v) is 7.86. The third-order valence-electron chi connectivity index (χ3n) is 5.36. The maximum Gasteiger partial charge on any atom is 0.224 e. The lowest BCUT2D eigenvalue weighted by molar-refractivity contribution is -0.123. The Balaban J connectivity index is 1.58. The molecule has 0 bridgehead atoms. The van der Waals surface area contributed by atoms with Gasteiger partial charge in [-0.2, -0.15) is 0 Å². The van der Waals surface area contributed by atoms with Crippen LogP contribution in [0.3, 0.4) is 0 Å². The predicted molar refractivity (Wildman–Crippen MR) is 81.7 cm³/mol. The number of fused-ring (bicyclic) bond motifs is 3. The Morgan fingerprint density at radius 2 is 2.27 bits per heavy atom. The summed E-state index contributed by atoms with van der Waals surface area (Å²) in [6, 6.07) is 7.42. The molecule has 1 aromatic carbocycles. The zero-order valence-electron chi connectivity index (χ0n) is 12.4. The summed E-state index contributed by atoms with van der Waals surface area (Å²) >= 11 is 0. The third kappa shape index (κ3) is 1.83. The van der Waals surface area contributed by atoms with Crippen molar-refractivity contribution >= 4 is 11.7 Å². The summed E-state index contributed by atoms with van der Waals surface area (Å²) in [7, 11) is 0. The van der Waals surface area contributed by atoms with E-state index in [-0.39, 0.29) is 23.5 Å². The van der Waals surface area contributed by atoms with Crippen LogP contribution in [0.25, 0.3) is 0 Å². The molecule has 1 aromatic rings. The van der Waals surface area contributed by atoms with Gasteiger partial charge in [0.15, 0.2) is 5.78 Å². The molecule has 3 aliphatic rings. The predicted octanol–water partition coefficient (Wildman–Crippen LogP) is 2.35. The molecule has 1 spiro atoms. The molecule has 22 heavy (non-hydrogen) atoms. The summed E-state index contributed by atoms with van der Waals surface area (Å²) in [6.07, 6.45) is 3.92. The van der Waals surface area contributed by atoms with E-state index in [1.807, 2.05) is 24.3 Å². The van der Waals surface area contributed by atoms with Crippen LogP contribution in [0.1, 0.15) is 29.6 Å². The molecule has 0 aromatic heterocycles. The van der Waals surface area contributed by atoms with Gasteiger partial charge in [0.05, 0.1) is 12.0 Å². The molecule has 0 radical (unpaired) electrons. The molecule has 2 fully saturated rings. The van der Waals surface area contributed by atoms with Gasteiger partial charge in [-0.25, -0.2) is 0 Å². The van der Waals surface area contributed by atoms with Gasteiger partial charge in [-0.15, -0.1) is 6.58 Å². The topological polar surface area (TPSA) is 55.4 Å². The number of benzene rings is 1. The molecule has 1 amide bonds. The minimum absolute atomic E-state index is 0.00763. The first kappa shape index (κ1) is 13.6. The van der Waals surface area contributed by atoms with Crippen molar-refractivity contribution in [3.63, 3.8) is 0 Å². The molecule has 4 nitrogen and oxygen atoms in total. The van der Waals surface area contributed by atoms with Crippen LogP contribution in [0.5, 0.6) is 5.75 Å². The van der Waals surface area contributed by atoms with Crippen LogP contribution >= 0.6 is 0 Å². The molecule has 0 unspecified atom stereocenters. The van der Waals surface area contributed by atoms with Gasteiger partial charge in [0.25, 0.3) is 0 Å². The van der Waals surface area contributed by atoms with Crippen LogP contribution in [-0.2, 0) is 4.79 Å². The van der Waals surface area contributed by atoms with Crippen molar-refractivity contribution in [2.45, 2.75) is 24.9 Å². The zero-order valence-corrected chi connectivity index (χ0v) is 12.4. The van der Waals surface area contributed by atoms with Crippen LogP contribution < -0.4 is 10.1 Å². The highest BCUT2D eigenvalue weighted by Crippen LogP contribution is 2.65. The maximum atomic E-state index is 12.5. The highest BCUT2D eigenvalue weighted by atomic mass is 16.5. The number of rotatable bonds is 3. The molecule has 1 N–H and O–H groups in total. The molecule has 4 atom stereocenters. The van der Waals surface area contributed by atoms with Crippen LogP contribution in [0.4, 0.5) is 0 Å². The monoisotopic (exact) mass is 297 g/mol. The number of carbonyl (C=O) groups is 2. The van der Waals surface area contributed by atoms with Crippen LogP contribution in [-0.4, -0.2) is 23.8 Å². The van der Waals surface area contributed by atoms with Crippen molar-refractivity contribution in [3.05, 3.63) is 42.5 Å². The standard InChI is InChI=1S/C18H19NO3/c1-2-9-19-17(21)15-12-7-8-18(16(12)15)10-13(20)11-5-3-4-6-14(11)22-18/h2-6,12,15-16H,1,7-10H2,(H,19,21)/t12-,15+,16+,18-/m1/s1. The van der Waals surface area contributed by atoms with E-state index in [1.165, 1.54) is 0 Å². The minimum atomic E-state index is -0.466. The molecular formula is C18H19NO3. The van der Waals surface area contributed by atoms with Gasteiger partial charge in [0.2, 0.25) is 5.91 Å². The largest absolute Gasteiger partial charge is 0.486 e. The van der Waals surface area contributed by atoms with Crippen molar-refractivity contribution in [2.24, 2.45) is 17.8 Å². The lowest BCUT2D eigenvalue weighted by atomic mass is 9.84. The molecule has 4 rings (SSSR count). The van der Waals surface area contributed by atoms with Crippen molar-refractivity contribution < 1.29 is 14.3 Å². The first-order valence-electron chi connectivity index (χ1n) is 7.86. The molecule has 2 aliphatic carbocycles. The number of para-hydroxylation sites is 1. The SMILES string of the molecule is C=CCNC(=O)[C@H]1[C@H]2CC[C@@]3(CC(=O)c4ccccc4O3)[C@@H]21. The number of ether oxygens (including phenoxy) is 1. The fraction of sp³-hybridized carbons (Fsp3) is 0.444. The van der Waals surface area contributed by atoms with Crippen molar-refractivity contribution in [1.29, 1.82) is 0 Å². The lowest BCUT2D eigenvalue weighted by Gasteiger charge is -2.37. The lowest BCUT2D eigenvalue weighted by Crippen LogP contribution is -2.44. The summed E-state index contributed by atoms with van der Waals surface area (Å²) in [6.45, 7) is 4.11. The summed E-state index contributed by atoms with van der Waals surface area (Å²) in [4.78, 5) is 24.7. The highest BCUT2D eigenvalue weighted by molar-refractivity contribution is 6.00. The Bertz CT molecular complexity index is 668. The smallest absolute Gasteiger partial charge is 0.224 e. The quantitative estimate of drug-likeness (QED) is 0.871. The Hall–Kier alpha value is -2.10. The Kier molecular flexibility index (Phi) is 2.90. The number of amides is 1. The summed E-state index contributed by atoms with van der Waals surface area (Å²) in [5.41, 5.74) is 0.205. The van der Waals surface area contributed by atoms with E-state index in [0.29, 0.717) is 30.2 Å². The molecule has 0 saturated heterocycles. The maximum absolute atomic E-state index is 12.5. The number of ketones is 1. The van der Waals surface area contributed by atoms with E-state index in [9.17, 15) is 9.59 Å². The third-order valence-corrected chi connectivity index (χ3v) is 5.36.